The summed E-state index contributed by atoms with van der Waals surface area (Å²) in [5, 5.41) is 6.19. The highest BCUT2D eigenvalue weighted by atomic mass is 32.1. The van der Waals surface area contributed by atoms with Crippen LogP contribution in [0.5, 0.6) is 0 Å². The highest BCUT2D eigenvalue weighted by molar-refractivity contribution is 7.08. The van der Waals surface area contributed by atoms with E-state index >= 15 is 0 Å². The lowest BCUT2D eigenvalue weighted by Crippen LogP contribution is -2.14. The standard InChI is InChI=1S/C21H19NO3S/c1-25-21(24)18-13-26-14-19(18)22-20(23)12-9-15-7-10-17(11-8-15)16-5-3-2-4-6-16/h2-8,10-11,13-14H,9,12H2,1H3,(H,22,23). The normalized spacial score (nSPS) is 10.3. The van der Waals surface area contributed by atoms with Crippen LogP contribution < -0.4 is 5.32 Å². The van der Waals surface area contributed by atoms with Crippen LogP contribution in [0.15, 0.2) is 65.4 Å². The first-order valence-electron chi connectivity index (χ1n) is 8.26. The number of thiophene rings is 1. The molecule has 0 bridgehead atoms. The number of anilines is 1. The number of ether oxygens (including phenoxy) is 1. The van der Waals surface area contributed by atoms with Gasteiger partial charge in [0.05, 0.1) is 18.4 Å². The lowest BCUT2D eigenvalue weighted by Gasteiger charge is -2.07. The number of carbonyl (C=O) groups is 2. The molecule has 0 aliphatic rings. The van der Waals surface area contributed by atoms with Crippen molar-refractivity contribution in [1.82, 2.24) is 0 Å². The van der Waals surface area contributed by atoms with Gasteiger partial charge in [0, 0.05) is 17.2 Å². The number of carbonyl (C=O) groups excluding carboxylic acids is 2. The summed E-state index contributed by atoms with van der Waals surface area (Å²) in [7, 11) is 1.32. The molecular formula is C21H19NO3S. The minimum absolute atomic E-state index is 0.124. The van der Waals surface area contributed by atoms with Crippen LogP contribution in [-0.2, 0) is 16.0 Å². The van der Waals surface area contributed by atoms with E-state index in [1.54, 1.807) is 10.8 Å². The van der Waals surface area contributed by atoms with E-state index in [2.05, 4.69) is 29.6 Å². The molecule has 0 unspecified atom stereocenters. The smallest absolute Gasteiger partial charge is 0.340 e. The quantitative estimate of drug-likeness (QED) is 0.640. The third-order valence-corrected chi connectivity index (χ3v) is 4.79. The zero-order chi connectivity index (χ0) is 18.4. The number of methoxy groups -OCH3 is 1. The first-order chi connectivity index (χ1) is 12.7. The summed E-state index contributed by atoms with van der Waals surface area (Å²) in [6.07, 6.45) is 0.986. The van der Waals surface area contributed by atoms with Crippen molar-refractivity contribution in [2.75, 3.05) is 12.4 Å². The molecule has 2 aromatic carbocycles. The van der Waals surface area contributed by atoms with E-state index < -0.39 is 5.97 Å². The molecule has 4 nitrogen and oxygen atoms in total. The summed E-state index contributed by atoms with van der Waals surface area (Å²) < 4.78 is 4.71. The number of nitrogens with one attached hydrogen (secondary N) is 1. The van der Waals surface area contributed by atoms with Crippen molar-refractivity contribution in [1.29, 1.82) is 0 Å². The molecule has 1 amide bonds. The van der Waals surface area contributed by atoms with Gasteiger partial charge in [-0.3, -0.25) is 4.79 Å². The fourth-order valence-corrected chi connectivity index (χ4v) is 3.38. The van der Waals surface area contributed by atoms with Crippen LogP contribution in [0, 0.1) is 0 Å². The van der Waals surface area contributed by atoms with Crippen molar-refractivity contribution >= 4 is 28.9 Å². The van der Waals surface area contributed by atoms with E-state index in [1.807, 2.05) is 30.3 Å². The molecule has 26 heavy (non-hydrogen) atoms. The Kier molecular flexibility index (Phi) is 5.81. The number of hydrogen-bond acceptors (Lipinski definition) is 4. The van der Waals surface area contributed by atoms with E-state index in [4.69, 9.17) is 4.74 Å². The minimum atomic E-state index is -0.446. The first-order valence-corrected chi connectivity index (χ1v) is 9.20. The number of benzene rings is 2. The highest BCUT2D eigenvalue weighted by Crippen LogP contribution is 2.22. The van der Waals surface area contributed by atoms with Crippen molar-refractivity contribution in [2.45, 2.75) is 12.8 Å². The number of rotatable bonds is 6. The number of aryl methyl sites for hydroxylation is 1. The molecule has 0 saturated heterocycles. The van der Waals surface area contributed by atoms with Crippen LogP contribution in [0.2, 0.25) is 0 Å². The lowest BCUT2D eigenvalue weighted by molar-refractivity contribution is -0.116. The predicted molar refractivity (Wildman–Crippen MR) is 104 cm³/mol. The molecule has 1 heterocycles. The SMILES string of the molecule is COC(=O)c1cscc1NC(=O)CCc1ccc(-c2ccccc2)cc1. The maximum Gasteiger partial charge on any atom is 0.340 e. The molecule has 0 atom stereocenters. The van der Waals surface area contributed by atoms with Gasteiger partial charge in [0.1, 0.15) is 0 Å². The molecule has 0 fully saturated rings. The number of esters is 1. The van der Waals surface area contributed by atoms with Crippen molar-refractivity contribution < 1.29 is 14.3 Å². The van der Waals surface area contributed by atoms with Crippen LogP contribution in [0.1, 0.15) is 22.3 Å². The molecule has 0 aliphatic carbocycles. The fraction of sp³-hybridized carbons (Fsp3) is 0.143. The maximum atomic E-state index is 12.2. The molecule has 0 aliphatic heterocycles. The highest BCUT2D eigenvalue weighted by Gasteiger charge is 2.14. The molecule has 5 heteroatoms. The van der Waals surface area contributed by atoms with Crippen LogP contribution in [-0.4, -0.2) is 19.0 Å². The largest absolute Gasteiger partial charge is 0.465 e. The van der Waals surface area contributed by atoms with E-state index in [9.17, 15) is 9.59 Å². The molecule has 0 radical (unpaired) electrons. The minimum Gasteiger partial charge on any atom is -0.465 e. The predicted octanol–water partition coefficient (Wildman–Crippen LogP) is 4.77. The second-order valence-electron chi connectivity index (χ2n) is 5.80. The Morgan fingerprint density at radius 3 is 2.35 bits per heavy atom. The average molecular weight is 365 g/mol. The zero-order valence-corrected chi connectivity index (χ0v) is 15.2. The van der Waals surface area contributed by atoms with Gasteiger partial charge in [-0.2, -0.15) is 0 Å². The molecule has 3 rings (SSSR count). The Bertz CT molecular complexity index is 885. The second kappa shape index (κ2) is 8.45. The van der Waals surface area contributed by atoms with E-state index in [1.165, 1.54) is 24.0 Å². The molecule has 1 N–H and O–H groups in total. The van der Waals surface area contributed by atoms with Gasteiger partial charge >= 0.3 is 5.97 Å². The van der Waals surface area contributed by atoms with Gasteiger partial charge in [0.25, 0.3) is 0 Å². The summed E-state index contributed by atoms with van der Waals surface area (Å²) in [4.78, 5) is 23.8. The van der Waals surface area contributed by atoms with Crippen molar-refractivity contribution in [2.24, 2.45) is 0 Å². The Morgan fingerprint density at radius 2 is 1.65 bits per heavy atom. The van der Waals surface area contributed by atoms with Gasteiger partial charge in [-0.15, -0.1) is 11.3 Å². The van der Waals surface area contributed by atoms with Crippen LogP contribution in [0.25, 0.3) is 11.1 Å². The number of hydrogen-bond donors (Lipinski definition) is 1. The molecule has 132 valence electrons. The summed E-state index contributed by atoms with van der Waals surface area (Å²) in [5.74, 6) is -0.571. The summed E-state index contributed by atoms with van der Waals surface area (Å²) >= 11 is 1.35. The third-order valence-electron chi connectivity index (χ3n) is 4.04. The second-order valence-corrected chi connectivity index (χ2v) is 6.55. The van der Waals surface area contributed by atoms with Gasteiger partial charge in [-0.05, 0) is 23.1 Å². The van der Waals surface area contributed by atoms with E-state index in [-0.39, 0.29) is 5.91 Å². The maximum absolute atomic E-state index is 12.2. The van der Waals surface area contributed by atoms with Gasteiger partial charge in [-0.25, -0.2) is 4.79 Å². The Morgan fingerprint density at radius 1 is 0.962 bits per heavy atom. The van der Waals surface area contributed by atoms with Crippen LogP contribution in [0.3, 0.4) is 0 Å². The molecular weight excluding hydrogens is 346 g/mol. The zero-order valence-electron chi connectivity index (χ0n) is 14.4. The molecule has 3 aromatic rings. The van der Waals surface area contributed by atoms with Gasteiger partial charge in [-0.1, -0.05) is 54.6 Å². The van der Waals surface area contributed by atoms with Gasteiger partial charge in [0.2, 0.25) is 5.91 Å². The summed E-state index contributed by atoms with van der Waals surface area (Å²) in [6.45, 7) is 0. The molecule has 0 spiro atoms. The average Bonchev–Trinajstić information content (AvgIpc) is 3.15. The van der Waals surface area contributed by atoms with Crippen molar-refractivity contribution in [3.8, 4) is 11.1 Å². The van der Waals surface area contributed by atoms with Crippen molar-refractivity contribution in [3.05, 3.63) is 76.5 Å². The Hall–Kier alpha value is -2.92. The van der Waals surface area contributed by atoms with Crippen molar-refractivity contribution in [3.63, 3.8) is 0 Å². The van der Waals surface area contributed by atoms with E-state index in [0.717, 1.165) is 11.1 Å². The van der Waals surface area contributed by atoms with Crippen LogP contribution >= 0.6 is 11.3 Å². The van der Waals surface area contributed by atoms with Crippen LogP contribution in [0.4, 0.5) is 5.69 Å². The lowest BCUT2D eigenvalue weighted by atomic mass is 10.0. The monoisotopic (exact) mass is 365 g/mol. The Balaban J connectivity index is 1.57. The fourth-order valence-electron chi connectivity index (χ4n) is 2.63. The number of amides is 1. The van der Waals surface area contributed by atoms with E-state index in [0.29, 0.717) is 24.1 Å². The van der Waals surface area contributed by atoms with Gasteiger partial charge < -0.3 is 10.1 Å². The third kappa shape index (κ3) is 4.37. The topological polar surface area (TPSA) is 55.4 Å². The van der Waals surface area contributed by atoms with Gasteiger partial charge in [0.15, 0.2) is 0 Å². The first kappa shape index (κ1) is 17.9. The molecule has 0 saturated carbocycles. The molecule has 1 aromatic heterocycles. The summed E-state index contributed by atoms with van der Waals surface area (Å²) in [5.41, 5.74) is 4.31. The Labute approximate surface area is 156 Å². The summed E-state index contributed by atoms with van der Waals surface area (Å²) in [6, 6.07) is 18.4.